The molecule has 0 aliphatic heterocycles. The maximum Gasteiger partial charge on any atom is 0.511 e. The molecule has 0 atom stereocenters. The number of aromatic nitrogens is 2. The van der Waals surface area contributed by atoms with Crippen LogP contribution in [-0.2, 0) is 25.7 Å². The number of halogens is 3. The molecule has 0 unspecified atom stereocenters. The topological polar surface area (TPSA) is 73.5 Å². The molecule has 6 nitrogen and oxygen atoms in total. The molecule has 2 aromatic carbocycles. The van der Waals surface area contributed by atoms with E-state index < -0.39 is 23.7 Å². The highest BCUT2D eigenvalue weighted by Gasteiger charge is 2.40. The Hall–Kier alpha value is -3.49. The Kier molecular flexibility index (Phi) is 8.66. The van der Waals surface area contributed by atoms with Gasteiger partial charge in [-0.2, -0.15) is 13.2 Å². The molecule has 0 aliphatic carbocycles. The number of hydrogen-bond acceptors (Lipinski definition) is 3. The predicted molar refractivity (Wildman–Crippen MR) is 131 cm³/mol. The van der Waals surface area contributed by atoms with Crippen LogP contribution >= 0.6 is 0 Å². The molecule has 0 radical (unpaired) electrons. The minimum atomic E-state index is -4.64. The maximum absolute atomic E-state index is 14.1. The molecule has 0 amide bonds. The lowest BCUT2D eigenvalue weighted by atomic mass is 10.0. The lowest BCUT2D eigenvalue weighted by molar-refractivity contribution is -0.144. The van der Waals surface area contributed by atoms with Crippen molar-refractivity contribution in [3.8, 4) is 16.9 Å². The summed E-state index contributed by atoms with van der Waals surface area (Å²) in [5.41, 5.74) is 0.411. The first-order valence-corrected chi connectivity index (χ1v) is 12.0. The molecule has 1 N–H and O–H groups in total. The molecule has 0 bridgehead atoms. The zero-order valence-corrected chi connectivity index (χ0v) is 20.6. The SMILES string of the molecule is CCCCn1c(C(F)(F)F)c(CCC(C)C)n(Cc2ccc(-c3ccccc3OC(=O)O)cc2)c1=O. The van der Waals surface area contributed by atoms with Crippen molar-refractivity contribution in [2.75, 3.05) is 0 Å². The number of carbonyl (C=O) groups is 1. The van der Waals surface area contributed by atoms with Crippen molar-refractivity contribution >= 4 is 6.16 Å². The average molecular weight is 505 g/mol. The molecular weight excluding hydrogens is 473 g/mol. The van der Waals surface area contributed by atoms with Gasteiger partial charge in [-0.05, 0) is 42.4 Å². The van der Waals surface area contributed by atoms with Crippen LogP contribution in [-0.4, -0.2) is 20.4 Å². The Morgan fingerprint density at radius 3 is 2.31 bits per heavy atom. The van der Waals surface area contributed by atoms with Gasteiger partial charge in [-0.1, -0.05) is 69.7 Å². The van der Waals surface area contributed by atoms with Gasteiger partial charge in [0.25, 0.3) is 0 Å². The van der Waals surface area contributed by atoms with Crippen LogP contribution in [0.3, 0.4) is 0 Å². The fraction of sp³-hybridized carbons (Fsp3) is 0.407. The van der Waals surface area contributed by atoms with Gasteiger partial charge < -0.3 is 9.84 Å². The van der Waals surface area contributed by atoms with Gasteiger partial charge >= 0.3 is 18.0 Å². The van der Waals surface area contributed by atoms with Crippen molar-refractivity contribution in [3.63, 3.8) is 0 Å². The second kappa shape index (κ2) is 11.5. The molecule has 0 fully saturated rings. The Morgan fingerprint density at radius 2 is 1.72 bits per heavy atom. The standard InChI is InChI=1S/C27H31F3N2O4/c1-4-5-16-31-24(27(28,29)30)22(15-10-18(2)3)32(25(31)33)17-19-11-13-20(14-12-19)21-8-6-7-9-23(21)36-26(34)35/h6-9,11-14,18H,4-5,10,15-17H2,1-3H3,(H,34,35). The molecule has 194 valence electrons. The first-order valence-electron chi connectivity index (χ1n) is 12.0. The minimum absolute atomic E-state index is 0.00200. The van der Waals surface area contributed by atoms with E-state index in [1.165, 1.54) is 10.6 Å². The second-order valence-electron chi connectivity index (χ2n) is 9.16. The van der Waals surface area contributed by atoms with E-state index in [1.54, 1.807) is 42.5 Å². The minimum Gasteiger partial charge on any atom is -0.449 e. The fourth-order valence-corrected chi connectivity index (χ4v) is 4.18. The monoisotopic (exact) mass is 504 g/mol. The zero-order chi connectivity index (χ0) is 26.5. The molecule has 9 heteroatoms. The maximum atomic E-state index is 14.1. The fourth-order valence-electron chi connectivity index (χ4n) is 4.18. The number of imidazole rings is 1. The first kappa shape index (κ1) is 27.1. The van der Waals surface area contributed by atoms with E-state index in [2.05, 4.69) is 0 Å². The summed E-state index contributed by atoms with van der Waals surface area (Å²) in [6.07, 6.45) is -4.24. The smallest absolute Gasteiger partial charge is 0.449 e. The summed E-state index contributed by atoms with van der Waals surface area (Å²) >= 11 is 0. The summed E-state index contributed by atoms with van der Waals surface area (Å²) < 4.78 is 49.4. The van der Waals surface area contributed by atoms with E-state index in [9.17, 15) is 22.8 Å². The quantitative estimate of drug-likeness (QED) is 0.243. The number of nitrogens with zero attached hydrogens (tertiary/aromatic N) is 2. The lowest BCUT2D eigenvalue weighted by Crippen LogP contribution is -2.27. The van der Waals surface area contributed by atoms with Crippen LogP contribution in [0.2, 0.25) is 0 Å². The summed E-state index contributed by atoms with van der Waals surface area (Å²) in [6, 6.07) is 13.6. The third kappa shape index (κ3) is 6.38. The number of carboxylic acid groups (broad SMARTS) is 1. The van der Waals surface area contributed by atoms with Crippen LogP contribution in [0.5, 0.6) is 5.75 Å². The predicted octanol–water partition coefficient (Wildman–Crippen LogP) is 6.83. The molecule has 3 aromatic rings. The molecule has 0 saturated heterocycles. The van der Waals surface area contributed by atoms with Crippen molar-refractivity contribution < 1.29 is 27.8 Å². The highest BCUT2D eigenvalue weighted by molar-refractivity contribution is 5.74. The molecule has 1 heterocycles. The number of ether oxygens (including phenoxy) is 1. The van der Waals surface area contributed by atoms with Crippen molar-refractivity contribution in [2.24, 2.45) is 5.92 Å². The van der Waals surface area contributed by atoms with Gasteiger partial charge in [0, 0.05) is 12.1 Å². The van der Waals surface area contributed by atoms with Gasteiger partial charge in [0.2, 0.25) is 0 Å². The van der Waals surface area contributed by atoms with Gasteiger partial charge in [-0.25, -0.2) is 9.59 Å². The Morgan fingerprint density at radius 1 is 1.06 bits per heavy atom. The summed E-state index contributed by atoms with van der Waals surface area (Å²) in [5, 5.41) is 8.98. The molecule has 0 saturated carbocycles. The average Bonchev–Trinajstić information content (AvgIpc) is 3.07. The van der Waals surface area contributed by atoms with Crippen LogP contribution in [0.25, 0.3) is 11.1 Å². The number of hydrogen-bond donors (Lipinski definition) is 1. The van der Waals surface area contributed by atoms with Gasteiger partial charge in [0.05, 0.1) is 12.2 Å². The third-order valence-corrected chi connectivity index (χ3v) is 5.98. The van der Waals surface area contributed by atoms with Gasteiger partial charge in [0.1, 0.15) is 11.4 Å². The molecule has 3 rings (SSSR count). The Balaban J connectivity index is 2.01. The Labute approximate surface area is 208 Å². The molecule has 0 spiro atoms. The molecule has 36 heavy (non-hydrogen) atoms. The number of benzene rings is 2. The second-order valence-corrected chi connectivity index (χ2v) is 9.16. The van der Waals surface area contributed by atoms with Crippen LogP contribution in [0.4, 0.5) is 18.0 Å². The molecule has 1 aromatic heterocycles. The van der Waals surface area contributed by atoms with E-state index in [1.807, 2.05) is 20.8 Å². The summed E-state index contributed by atoms with van der Waals surface area (Å²) in [6.45, 7) is 5.77. The zero-order valence-electron chi connectivity index (χ0n) is 20.6. The van der Waals surface area contributed by atoms with E-state index in [4.69, 9.17) is 9.84 Å². The van der Waals surface area contributed by atoms with Gasteiger partial charge in [-0.3, -0.25) is 9.13 Å². The summed E-state index contributed by atoms with van der Waals surface area (Å²) in [5.74, 6) is 0.355. The summed E-state index contributed by atoms with van der Waals surface area (Å²) in [4.78, 5) is 24.2. The normalized spacial score (nSPS) is 11.8. The first-order chi connectivity index (χ1) is 17.0. The largest absolute Gasteiger partial charge is 0.511 e. The van der Waals surface area contributed by atoms with E-state index in [-0.39, 0.29) is 36.9 Å². The number of rotatable bonds is 10. The highest BCUT2D eigenvalue weighted by Crippen LogP contribution is 2.34. The number of unbranched alkanes of at least 4 members (excludes halogenated alkanes) is 1. The van der Waals surface area contributed by atoms with E-state index >= 15 is 0 Å². The van der Waals surface area contributed by atoms with Crippen molar-refractivity contribution in [3.05, 3.63) is 76.0 Å². The van der Waals surface area contributed by atoms with Crippen LogP contribution < -0.4 is 10.4 Å². The van der Waals surface area contributed by atoms with Gasteiger partial charge in [0.15, 0.2) is 0 Å². The van der Waals surface area contributed by atoms with Crippen molar-refractivity contribution in [1.82, 2.24) is 9.13 Å². The van der Waals surface area contributed by atoms with Crippen LogP contribution in [0.15, 0.2) is 53.3 Å². The number of alkyl halides is 3. The highest BCUT2D eigenvalue weighted by atomic mass is 19.4. The van der Waals surface area contributed by atoms with E-state index in [0.29, 0.717) is 36.0 Å². The Bertz CT molecular complexity index is 1240. The molecule has 0 aliphatic rings. The van der Waals surface area contributed by atoms with Gasteiger partial charge in [-0.15, -0.1) is 0 Å². The van der Waals surface area contributed by atoms with Crippen LogP contribution in [0, 0.1) is 5.92 Å². The van der Waals surface area contributed by atoms with Crippen LogP contribution in [0.1, 0.15) is 57.0 Å². The number of para-hydroxylation sites is 1. The lowest BCUT2D eigenvalue weighted by Gasteiger charge is -2.14. The summed E-state index contributed by atoms with van der Waals surface area (Å²) in [7, 11) is 0. The van der Waals surface area contributed by atoms with Crippen molar-refractivity contribution in [1.29, 1.82) is 0 Å². The van der Waals surface area contributed by atoms with E-state index in [0.717, 1.165) is 4.57 Å². The third-order valence-electron chi connectivity index (χ3n) is 5.98. The molecular formula is C27H31F3N2O4. The van der Waals surface area contributed by atoms with Crippen molar-refractivity contribution in [2.45, 2.75) is 65.7 Å².